The van der Waals surface area contributed by atoms with Crippen LogP contribution in [0.15, 0.2) is 46.4 Å². The van der Waals surface area contributed by atoms with E-state index in [2.05, 4.69) is 35.3 Å². The van der Waals surface area contributed by atoms with Crippen molar-refractivity contribution in [1.29, 1.82) is 0 Å². The zero-order valence-corrected chi connectivity index (χ0v) is 18.4. The lowest BCUT2D eigenvalue weighted by Gasteiger charge is -2.33. The van der Waals surface area contributed by atoms with Crippen molar-refractivity contribution in [3.63, 3.8) is 0 Å². The summed E-state index contributed by atoms with van der Waals surface area (Å²) in [4.78, 5) is 21.0. The van der Waals surface area contributed by atoms with Gasteiger partial charge in [0.2, 0.25) is 0 Å². The number of piperidine rings is 1. The van der Waals surface area contributed by atoms with Crippen LogP contribution >= 0.6 is 23.4 Å². The van der Waals surface area contributed by atoms with Crippen LogP contribution in [0.25, 0.3) is 0 Å². The Kier molecular flexibility index (Phi) is 7.10. The van der Waals surface area contributed by atoms with E-state index in [0.29, 0.717) is 5.92 Å². The maximum Gasteiger partial charge on any atom is 0.410 e. The summed E-state index contributed by atoms with van der Waals surface area (Å²) in [5.41, 5.74) is 0.676. The predicted octanol–water partition coefficient (Wildman–Crippen LogP) is 5.81. The van der Waals surface area contributed by atoms with Crippen molar-refractivity contribution in [2.75, 3.05) is 13.1 Å². The molecule has 6 heteroatoms. The normalized spacial score (nSPS) is 20.8. The van der Waals surface area contributed by atoms with Crippen molar-refractivity contribution in [3.8, 4) is 0 Å². The van der Waals surface area contributed by atoms with E-state index in [9.17, 15) is 4.79 Å². The van der Waals surface area contributed by atoms with Gasteiger partial charge in [0.05, 0.1) is 5.38 Å². The van der Waals surface area contributed by atoms with Crippen molar-refractivity contribution in [1.82, 2.24) is 9.88 Å². The number of carbonyl (C=O) groups is 1. The lowest BCUT2D eigenvalue weighted by molar-refractivity contribution is 0.0184. The number of alkyl halides is 1. The maximum atomic E-state index is 12.2. The SMILES string of the molecule is CC(C)(C)OC(=O)N1CCC(Cc2ccc(SC3=CC(Cl)CC=C3)cn2)CC1. The molecule has 1 atom stereocenters. The molecule has 1 amide bonds. The predicted molar refractivity (Wildman–Crippen MR) is 116 cm³/mol. The van der Waals surface area contributed by atoms with Crippen molar-refractivity contribution in [3.05, 3.63) is 47.2 Å². The number of amides is 1. The van der Waals surface area contributed by atoms with Crippen LogP contribution in [0.4, 0.5) is 4.79 Å². The van der Waals surface area contributed by atoms with Crippen LogP contribution in [0.1, 0.15) is 45.7 Å². The van der Waals surface area contributed by atoms with Gasteiger partial charge in [-0.15, -0.1) is 11.6 Å². The number of likely N-dealkylation sites (tertiary alicyclic amines) is 1. The first-order valence-electron chi connectivity index (χ1n) is 9.91. The first-order valence-corrected chi connectivity index (χ1v) is 11.2. The number of pyridine rings is 1. The van der Waals surface area contributed by atoms with Crippen LogP contribution < -0.4 is 0 Å². The Hall–Kier alpha value is -1.46. The number of aromatic nitrogens is 1. The highest BCUT2D eigenvalue weighted by Gasteiger charge is 2.27. The molecule has 0 spiro atoms. The molecule has 0 saturated carbocycles. The molecule has 2 heterocycles. The topological polar surface area (TPSA) is 42.4 Å². The highest BCUT2D eigenvalue weighted by atomic mass is 35.5. The number of halogens is 1. The van der Waals surface area contributed by atoms with Gasteiger partial charge >= 0.3 is 6.09 Å². The lowest BCUT2D eigenvalue weighted by Crippen LogP contribution is -2.42. The molecular weight excluding hydrogens is 392 g/mol. The van der Waals surface area contributed by atoms with E-state index < -0.39 is 5.60 Å². The number of hydrogen-bond acceptors (Lipinski definition) is 4. The fraction of sp³-hybridized carbons (Fsp3) is 0.545. The second-order valence-corrected chi connectivity index (χ2v) is 10.1. The first-order chi connectivity index (χ1) is 13.3. The number of rotatable bonds is 4. The minimum Gasteiger partial charge on any atom is -0.444 e. The van der Waals surface area contributed by atoms with Crippen molar-refractivity contribution < 1.29 is 9.53 Å². The molecule has 0 aromatic carbocycles. The van der Waals surface area contributed by atoms with E-state index in [1.54, 1.807) is 11.8 Å². The Morgan fingerprint density at radius 3 is 2.68 bits per heavy atom. The summed E-state index contributed by atoms with van der Waals surface area (Å²) in [6, 6.07) is 4.25. The van der Waals surface area contributed by atoms with Crippen molar-refractivity contribution in [2.24, 2.45) is 5.92 Å². The number of allylic oxidation sites excluding steroid dienone is 3. The third kappa shape index (κ3) is 6.56. The summed E-state index contributed by atoms with van der Waals surface area (Å²) in [6.07, 6.45) is 11.9. The van der Waals surface area contributed by atoms with Crippen LogP contribution in [0.5, 0.6) is 0 Å². The molecule has 1 fully saturated rings. The van der Waals surface area contributed by atoms with Gasteiger partial charge in [-0.05, 0) is 64.5 Å². The summed E-state index contributed by atoms with van der Waals surface area (Å²) < 4.78 is 5.47. The molecule has 1 unspecified atom stereocenters. The summed E-state index contributed by atoms with van der Waals surface area (Å²) >= 11 is 7.88. The van der Waals surface area contributed by atoms with Gasteiger partial charge in [-0.25, -0.2) is 4.79 Å². The summed E-state index contributed by atoms with van der Waals surface area (Å²) in [5, 5.41) is 0.0891. The first kappa shape index (κ1) is 21.3. The third-order valence-corrected chi connectivity index (χ3v) is 6.08. The van der Waals surface area contributed by atoms with Crippen molar-refractivity contribution in [2.45, 2.75) is 62.3 Å². The molecule has 0 bridgehead atoms. The van der Waals surface area contributed by atoms with Gasteiger partial charge < -0.3 is 9.64 Å². The second kappa shape index (κ2) is 9.36. The van der Waals surface area contributed by atoms with Gasteiger partial charge in [0.15, 0.2) is 0 Å². The molecule has 152 valence electrons. The van der Waals surface area contributed by atoms with E-state index in [0.717, 1.165) is 49.4 Å². The molecule has 0 radical (unpaired) electrons. The molecule has 1 saturated heterocycles. The van der Waals surface area contributed by atoms with E-state index in [1.165, 1.54) is 4.91 Å². The Morgan fingerprint density at radius 2 is 2.07 bits per heavy atom. The van der Waals surface area contributed by atoms with E-state index >= 15 is 0 Å². The fourth-order valence-electron chi connectivity index (χ4n) is 3.35. The minimum atomic E-state index is -0.439. The molecule has 28 heavy (non-hydrogen) atoms. The van der Waals surface area contributed by atoms with Gasteiger partial charge in [-0.1, -0.05) is 30.0 Å². The average Bonchev–Trinajstić information content (AvgIpc) is 2.63. The van der Waals surface area contributed by atoms with E-state index in [4.69, 9.17) is 16.3 Å². The van der Waals surface area contributed by atoms with Gasteiger partial charge in [-0.3, -0.25) is 4.98 Å². The second-order valence-electron chi connectivity index (χ2n) is 8.43. The molecule has 1 aromatic rings. The molecule has 0 N–H and O–H groups in total. The molecule has 3 rings (SSSR count). The number of nitrogens with zero attached hydrogens (tertiary/aromatic N) is 2. The standard InChI is InChI=1S/C22H29ClN2O2S/c1-22(2,3)27-21(26)25-11-9-16(10-12-25)13-18-7-8-20(15-24-18)28-19-6-4-5-17(23)14-19/h4,6-8,14-17H,5,9-13H2,1-3H3. The highest BCUT2D eigenvalue weighted by molar-refractivity contribution is 8.03. The Balaban J connectivity index is 1.46. The quantitative estimate of drug-likeness (QED) is 0.576. The van der Waals surface area contributed by atoms with Gasteiger partial charge in [0, 0.05) is 34.8 Å². The summed E-state index contributed by atoms with van der Waals surface area (Å²) in [6.45, 7) is 7.22. The Labute approximate surface area is 177 Å². The average molecular weight is 421 g/mol. The monoisotopic (exact) mass is 420 g/mol. The van der Waals surface area contributed by atoms with Crippen LogP contribution in [0, 0.1) is 5.92 Å². The lowest BCUT2D eigenvalue weighted by atomic mass is 9.92. The van der Waals surface area contributed by atoms with Crippen molar-refractivity contribution >= 4 is 29.5 Å². The Bertz CT molecular complexity index is 732. The van der Waals surface area contributed by atoms with E-state index in [1.807, 2.05) is 31.9 Å². The van der Waals surface area contributed by atoms with Gasteiger partial charge in [-0.2, -0.15) is 0 Å². The molecule has 1 aliphatic carbocycles. The molecular formula is C22H29ClN2O2S. The number of ether oxygens (including phenoxy) is 1. The third-order valence-electron chi connectivity index (χ3n) is 4.79. The molecule has 4 nitrogen and oxygen atoms in total. The van der Waals surface area contributed by atoms with Crippen LogP contribution in [0.3, 0.4) is 0 Å². The number of hydrogen-bond donors (Lipinski definition) is 0. The van der Waals surface area contributed by atoms with Gasteiger partial charge in [0.1, 0.15) is 5.60 Å². The summed E-state index contributed by atoms with van der Waals surface area (Å²) in [7, 11) is 0. The zero-order valence-electron chi connectivity index (χ0n) is 16.9. The van der Waals surface area contributed by atoms with Gasteiger partial charge in [0.25, 0.3) is 0 Å². The highest BCUT2D eigenvalue weighted by Crippen LogP contribution is 2.31. The Morgan fingerprint density at radius 1 is 1.32 bits per heavy atom. The smallest absolute Gasteiger partial charge is 0.410 e. The number of thioether (sulfide) groups is 1. The number of carbonyl (C=O) groups excluding carboxylic acids is 1. The molecule has 2 aliphatic rings. The van der Waals surface area contributed by atoms with Crippen LogP contribution in [0.2, 0.25) is 0 Å². The fourth-order valence-corrected chi connectivity index (χ4v) is 4.58. The molecule has 1 aromatic heterocycles. The summed E-state index contributed by atoms with van der Waals surface area (Å²) in [5.74, 6) is 0.561. The maximum absolute atomic E-state index is 12.2. The molecule has 1 aliphatic heterocycles. The van der Waals surface area contributed by atoms with Crippen LogP contribution in [-0.4, -0.2) is 40.0 Å². The van der Waals surface area contributed by atoms with Crippen LogP contribution in [-0.2, 0) is 11.2 Å². The van der Waals surface area contributed by atoms with E-state index in [-0.39, 0.29) is 11.5 Å². The zero-order chi connectivity index (χ0) is 20.1. The largest absolute Gasteiger partial charge is 0.444 e. The minimum absolute atomic E-state index is 0.0891.